The van der Waals surface area contributed by atoms with Gasteiger partial charge in [0.2, 0.25) is 10.8 Å². The van der Waals surface area contributed by atoms with Crippen LogP contribution < -0.4 is 14.4 Å². The fourth-order valence-corrected chi connectivity index (χ4v) is 5.53. The molecular formula is C21H29N4O3S+. The van der Waals surface area contributed by atoms with Gasteiger partial charge in [0.05, 0.1) is 26.8 Å². The Bertz CT molecular complexity index is 999. The van der Waals surface area contributed by atoms with Gasteiger partial charge in [0.1, 0.15) is 10.7 Å². The Morgan fingerprint density at radius 2 is 2.21 bits per heavy atom. The maximum atomic E-state index is 11.0. The van der Waals surface area contributed by atoms with Crippen LogP contribution >= 0.6 is 11.3 Å². The number of aromatic hydroxyl groups is 1. The zero-order chi connectivity index (χ0) is 20.5. The number of nitrogens with one attached hydrogen (secondary N) is 1. The van der Waals surface area contributed by atoms with Gasteiger partial charge in [0.25, 0.3) is 0 Å². The van der Waals surface area contributed by atoms with E-state index in [4.69, 9.17) is 9.47 Å². The number of ether oxygens (including phenoxy) is 2. The van der Waals surface area contributed by atoms with E-state index < -0.39 is 0 Å². The first-order valence-corrected chi connectivity index (χ1v) is 11.0. The van der Waals surface area contributed by atoms with Crippen LogP contribution in [0.3, 0.4) is 0 Å². The van der Waals surface area contributed by atoms with Gasteiger partial charge in [-0.05, 0) is 44.9 Å². The second kappa shape index (κ2) is 8.20. The predicted molar refractivity (Wildman–Crippen MR) is 112 cm³/mol. The molecular weight excluding hydrogens is 388 g/mol. The first-order chi connectivity index (χ1) is 14.0. The number of fused-ring (bicyclic) bond motifs is 1. The zero-order valence-corrected chi connectivity index (χ0v) is 18.3. The van der Waals surface area contributed by atoms with Crippen molar-refractivity contribution in [1.82, 2.24) is 14.6 Å². The standard InChI is InChI=1S/C21H28N4O3S/c1-5-28-16-9-8-15(11-17(16)27-4)18(24-10-6-7-13(2)12-24)19-20(26)25-21(29-19)22-14(3)23-25/h8-9,11,13,18,26H,5-7,10,12H2,1-4H3/p+1/t13-,18+/m0/s1. The molecule has 0 aliphatic carbocycles. The maximum absolute atomic E-state index is 11.0. The third-order valence-electron chi connectivity index (χ3n) is 5.60. The van der Waals surface area contributed by atoms with Crippen molar-refractivity contribution in [2.45, 2.75) is 39.7 Å². The molecule has 3 atom stereocenters. The molecule has 2 aromatic heterocycles. The molecule has 8 heteroatoms. The van der Waals surface area contributed by atoms with Crippen molar-refractivity contribution in [3.8, 4) is 17.4 Å². The number of benzene rings is 1. The number of aromatic nitrogens is 3. The van der Waals surface area contributed by atoms with E-state index in [9.17, 15) is 5.11 Å². The van der Waals surface area contributed by atoms with Crippen molar-refractivity contribution in [3.63, 3.8) is 0 Å². The Morgan fingerprint density at radius 1 is 1.38 bits per heavy atom. The lowest BCUT2D eigenvalue weighted by Crippen LogP contribution is -3.13. The Hall–Kier alpha value is -2.32. The molecule has 1 aliphatic heterocycles. The van der Waals surface area contributed by atoms with E-state index >= 15 is 0 Å². The molecule has 29 heavy (non-hydrogen) atoms. The fraction of sp³-hybridized carbons (Fsp3) is 0.524. The Balaban J connectivity index is 1.82. The lowest BCUT2D eigenvalue weighted by Gasteiger charge is -2.34. The third kappa shape index (κ3) is 3.79. The number of thiazole rings is 1. The highest BCUT2D eigenvalue weighted by atomic mass is 32.1. The van der Waals surface area contributed by atoms with Crippen LogP contribution in [0.15, 0.2) is 18.2 Å². The fourth-order valence-electron chi connectivity index (χ4n) is 4.34. The number of nitrogens with zero attached hydrogens (tertiary/aromatic N) is 3. The van der Waals surface area contributed by atoms with Crippen LogP contribution in [0.1, 0.15) is 49.0 Å². The third-order valence-corrected chi connectivity index (χ3v) is 6.69. The number of piperidine rings is 1. The number of quaternary nitrogens is 1. The molecule has 1 unspecified atom stereocenters. The van der Waals surface area contributed by atoms with Crippen molar-refractivity contribution >= 4 is 16.3 Å². The van der Waals surface area contributed by atoms with E-state index in [1.807, 2.05) is 26.0 Å². The lowest BCUT2D eigenvalue weighted by molar-refractivity contribution is -0.933. The summed E-state index contributed by atoms with van der Waals surface area (Å²) < 4.78 is 12.9. The van der Waals surface area contributed by atoms with Crippen LogP contribution in [0, 0.1) is 12.8 Å². The largest absolute Gasteiger partial charge is 0.493 e. The first kappa shape index (κ1) is 20.0. The number of methoxy groups -OCH3 is 1. The predicted octanol–water partition coefficient (Wildman–Crippen LogP) is 2.62. The summed E-state index contributed by atoms with van der Waals surface area (Å²) in [7, 11) is 1.66. The summed E-state index contributed by atoms with van der Waals surface area (Å²) in [5.74, 6) is 2.96. The van der Waals surface area contributed by atoms with Crippen LogP contribution in [0.25, 0.3) is 4.96 Å². The van der Waals surface area contributed by atoms with Gasteiger partial charge in [0.15, 0.2) is 17.5 Å². The Labute approximate surface area is 174 Å². The van der Waals surface area contributed by atoms with Gasteiger partial charge in [-0.1, -0.05) is 18.3 Å². The average molecular weight is 418 g/mol. The summed E-state index contributed by atoms with van der Waals surface area (Å²) in [6.07, 6.45) is 2.44. The van der Waals surface area contributed by atoms with Gasteiger partial charge in [0, 0.05) is 11.5 Å². The molecule has 0 bridgehead atoms. The molecule has 1 aliphatic rings. The van der Waals surface area contributed by atoms with Crippen LogP contribution in [-0.4, -0.2) is 46.5 Å². The summed E-state index contributed by atoms with van der Waals surface area (Å²) in [6, 6.07) is 6.10. The smallest absolute Gasteiger partial charge is 0.235 e. The molecule has 4 rings (SSSR count). The van der Waals surface area contributed by atoms with Crippen molar-refractivity contribution in [3.05, 3.63) is 34.5 Å². The van der Waals surface area contributed by atoms with Gasteiger partial charge < -0.3 is 19.5 Å². The number of aryl methyl sites for hydroxylation is 1. The van der Waals surface area contributed by atoms with E-state index in [1.54, 1.807) is 11.6 Å². The molecule has 3 aromatic rings. The van der Waals surface area contributed by atoms with E-state index in [0.717, 1.165) is 34.2 Å². The van der Waals surface area contributed by atoms with Crippen LogP contribution in [0.4, 0.5) is 0 Å². The summed E-state index contributed by atoms with van der Waals surface area (Å²) in [5, 5.41) is 15.4. The van der Waals surface area contributed by atoms with Gasteiger partial charge in [-0.15, -0.1) is 5.10 Å². The molecule has 0 saturated carbocycles. The van der Waals surface area contributed by atoms with Crippen LogP contribution in [0.2, 0.25) is 0 Å². The van der Waals surface area contributed by atoms with E-state index in [-0.39, 0.29) is 11.9 Å². The van der Waals surface area contributed by atoms with Gasteiger partial charge in [-0.2, -0.15) is 4.52 Å². The highest BCUT2D eigenvalue weighted by Crippen LogP contribution is 2.38. The molecule has 0 amide bonds. The Morgan fingerprint density at radius 3 is 2.90 bits per heavy atom. The summed E-state index contributed by atoms with van der Waals surface area (Å²) in [5.41, 5.74) is 1.10. The summed E-state index contributed by atoms with van der Waals surface area (Å²) in [4.78, 5) is 7.53. The average Bonchev–Trinajstić information content (AvgIpc) is 3.21. The Kier molecular flexibility index (Phi) is 5.65. The molecule has 3 heterocycles. The van der Waals surface area contributed by atoms with E-state index in [2.05, 4.69) is 23.1 Å². The zero-order valence-electron chi connectivity index (χ0n) is 17.4. The number of likely N-dealkylation sites (tertiary alicyclic amines) is 1. The SMILES string of the molecule is CCOc1ccc([C@H](c2sc3nc(C)nn3c2O)[NH+]2CCC[C@H](C)C2)cc1OC. The monoisotopic (exact) mass is 417 g/mol. The topological polar surface area (TPSA) is 73.3 Å². The van der Waals surface area contributed by atoms with Crippen molar-refractivity contribution in [2.75, 3.05) is 26.8 Å². The molecule has 156 valence electrons. The number of hydrogen-bond donors (Lipinski definition) is 2. The maximum Gasteiger partial charge on any atom is 0.235 e. The van der Waals surface area contributed by atoms with Crippen molar-refractivity contribution < 1.29 is 19.5 Å². The summed E-state index contributed by atoms with van der Waals surface area (Å²) in [6.45, 7) is 8.82. The van der Waals surface area contributed by atoms with Crippen LogP contribution in [-0.2, 0) is 0 Å². The molecule has 1 saturated heterocycles. The van der Waals surface area contributed by atoms with E-state index in [0.29, 0.717) is 24.1 Å². The summed E-state index contributed by atoms with van der Waals surface area (Å²) >= 11 is 1.52. The highest BCUT2D eigenvalue weighted by Gasteiger charge is 2.35. The molecule has 7 nitrogen and oxygen atoms in total. The second-order valence-electron chi connectivity index (χ2n) is 7.78. The molecule has 0 spiro atoms. The number of rotatable bonds is 6. The number of hydrogen-bond acceptors (Lipinski definition) is 6. The molecule has 1 aromatic carbocycles. The highest BCUT2D eigenvalue weighted by molar-refractivity contribution is 7.17. The minimum atomic E-state index is -0.00358. The van der Waals surface area contributed by atoms with Gasteiger partial charge in [-0.3, -0.25) is 0 Å². The van der Waals surface area contributed by atoms with Crippen molar-refractivity contribution in [1.29, 1.82) is 0 Å². The lowest BCUT2D eigenvalue weighted by atomic mass is 9.95. The van der Waals surface area contributed by atoms with E-state index in [1.165, 1.54) is 29.1 Å². The minimum Gasteiger partial charge on any atom is -0.493 e. The minimum absolute atomic E-state index is 0.00358. The first-order valence-electron chi connectivity index (χ1n) is 10.2. The van der Waals surface area contributed by atoms with Crippen LogP contribution in [0.5, 0.6) is 17.4 Å². The van der Waals surface area contributed by atoms with Crippen molar-refractivity contribution in [2.24, 2.45) is 5.92 Å². The molecule has 2 N–H and O–H groups in total. The van der Waals surface area contributed by atoms with Gasteiger partial charge >= 0.3 is 0 Å². The van der Waals surface area contributed by atoms with Gasteiger partial charge in [-0.25, -0.2) is 4.98 Å². The molecule has 0 radical (unpaired) electrons. The molecule has 1 fully saturated rings. The normalized spacial score (nSPS) is 20.7. The second-order valence-corrected chi connectivity index (χ2v) is 8.79. The quantitative estimate of drug-likeness (QED) is 0.645.